The second-order valence-corrected chi connectivity index (χ2v) is 16.8. The summed E-state index contributed by atoms with van der Waals surface area (Å²) < 4.78 is 29.9. The molecule has 0 unspecified atom stereocenters. The third kappa shape index (κ3) is 13.2. The maximum Gasteiger partial charge on any atom is 0.335 e. The molecule has 6 bridgehead atoms. The van der Waals surface area contributed by atoms with Crippen molar-refractivity contribution in [1.82, 2.24) is 26.0 Å². The summed E-state index contributed by atoms with van der Waals surface area (Å²) in [5, 5.41) is 28.5. The van der Waals surface area contributed by atoms with Gasteiger partial charge in [0.15, 0.2) is 0 Å². The molecule has 0 aromatic heterocycles. The minimum absolute atomic E-state index is 0.0195. The monoisotopic (exact) mass is 857 g/mol. The molecule has 0 spiro atoms. The number of carboxylic acids is 1. The van der Waals surface area contributed by atoms with Crippen LogP contribution in [0.3, 0.4) is 0 Å². The summed E-state index contributed by atoms with van der Waals surface area (Å²) in [6.07, 6.45) is 0.114. The molecule has 62 heavy (non-hydrogen) atoms. The van der Waals surface area contributed by atoms with Crippen molar-refractivity contribution in [2.75, 3.05) is 0 Å². The number of hydrogen-bond acceptors (Lipinski definition) is 8. The fraction of sp³-hybridized carbons (Fsp3) is 0.217. The van der Waals surface area contributed by atoms with Gasteiger partial charge in [0, 0.05) is 31.6 Å². The molecule has 9 N–H and O–H groups in total. The van der Waals surface area contributed by atoms with E-state index in [1.807, 2.05) is 18.2 Å². The minimum Gasteiger partial charge on any atom is -0.478 e. The number of aromatic carboxylic acids is 1. The SMILES string of the molecule is N=C(N)c1ccc(CNC(=O)[C@@H]2Cc3ccc(cc3)CNC(=O)Cc3cccc(c3)CC(=O)NCc3ccc(cc3)C[C@@H](NS(=O)(=O)Cc3cccc(C(=O)O)c3)C(=O)N2)cc1. The van der Waals surface area contributed by atoms with E-state index in [2.05, 4.69) is 26.0 Å². The summed E-state index contributed by atoms with van der Waals surface area (Å²) in [7, 11) is -4.28. The first-order chi connectivity index (χ1) is 29.7. The smallest absolute Gasteiger partial charge is 0.335 e. The van der Waals surface area contributed by atoms with Crippen LogP contribution >= 0.6 is 0 Å². The largest absolute Gasteiger partial charge is 0.478 e. The average molecular weight is 858 g/mol. The van der Waals surface area contributed by atoms with Gasteiger partial charge in [0.1, 0.15) is 17.9 Å². The van der Waals surface area contributed by atoms with Crippen molar-refractivity contribution in [3.63, 3.8) is 0 Å². The molecule has 0 aliphatic carbocycles. The molecule has 5 aromatic rings. The summed E-state index contributed by atoms with van der Waals surface area (Å²) in [5.74, 6) is -3.73. The van der Waals surface area contributed by atoms with E-state index in [-0.39, 0.29) is 74.1 Å². The first-order valence-electron chi connectivity index (χ1n) is 19.8. The summed E-state index contributed by atoms with van der Waals surface area (Å²) >= 11 is 0. The highest BCUT2D eigenvalue weighted by Crippen LogP contribution is 2.15. The number of nitrogen functional groups attached to an aromatic ring is 1. The maximum absolute atomic E-state index is 14.3. The Balaban J connectivity index is 1.29. The predicted octanol–water partition coefficient (Wildman–Crippen LogP) is 2.77. The van der Waals surface area contributed by atoms with Crippen LogP contribution in [0.1, 0.15) is 60.4 Å². The van der Waals surface area contributed by atoms with Crippen LogP contribution in [-0.4, -0.2) is 61.0 Å². The molecular weight excluding hydrogens is 811 g/mol. The number of amides is 4. The molecule has 4 amide bonds. The number of rotatable bonds is 9. The van der Waals surface area contributed by atoms with Crippen LogP contribution in [0.2, 0.25) is 0 Å². The number of amidine groups is 1. The zero-order chi connectivity index (χ0) is 44.2. The van der Waals surface area contributed by atoms with Crippen LogP contribution in [-0.2, 0) is 80.3 Å². The van der Waals surface area contributed by atoms with Crippen molar-refractivity contribution in [1.29, 1.82) is 5.41 Å². The summed E-state index contributed by atoms with van der Waals surface area (Å²) in [6.45, 7) is 0.502. The normalized spacial score (nSPS) is 16.5. The van der Waals surface area contributed by atoms with Gasteiger partial charge in [-0.25, -0.2) is 17.9 Å². The summed E-state index contributed by atoms with van der Waals surface area (Å²) in [5.41, 5.74) is 11.2. The Bertz CT molecular complexity index is 2560. The van der Waals surface area contributed by atoms with Gasteiger partial charge in [0.05, 0.1) is 24.2 Å². The molecule has 16 heteroatoms. The molecule has 3 aliphatic rings. The van der Waals surface area contributed by atoms with Crippen molar-refractivity contribution in [3.8, 4) is 0 Å². The molecule has 8 rings (SSSR count). The number of nitrogens with two attached hydrogens (primary N) is 1. The molecule has 5 aromatic carbocycles. The van der Waals surface area contributed by atoms with Crippen molar-refractivity contribution in [3.05, 3.63) is 177 Å². The van der Waals surface area contributed by atoms with Crippen LogP contribution in [0.4, 0.5) is 0 Å². The highest BCUT2D eigenvalue weighted by atomic mass is 32.2. The van der Waals surface area contributed by atoms with Gasteiger partial charge in [-0.15, -0.1) is 0 Å². The van der Waals surface area contributed by atoms with Gasteiger partial charge in [-0.05, 0) is 63.1 Å². The molecule has 0 radical (unpaired) electrons. The number of carboxylic acid groups (broad SMARTS) is 1. The number of hydrogen-bond donors (Lipinski definition) is 8. The second kappa shape index (κ2) is 20.4. The van der Waals surface area contributed by atoms with E-state index in [9.17, 15) is 37.5 Å². The lowest BCUT2D eigenvalue weighted by Crippen LogP contribution is -2.55. The van der Waals surface area contributed by atoms with Crippen LogP contribution < -0.4 is 31.7 Å². The first kappa shape index (κ1) is 44.4. The van der Waals surface area contributed by atoms with Gasteiger partial charge < -0.3 is 32.1 Å². The van der Waals surface area contributed by atoms with Gasteiger partial charge in [-0.2, -0.15) is 0 Å². The van der Waals surface area contributed by atoms with Crippen molar-refractivity contribution in [2.45, 2.75) is 63.2 Å². The van der Waals surface area contributed by atoms with Gasteiger partial charge in [0.25, 0.3) is 0 Å². The third-order valence-corrected chi connectivity index (χ3v) is 11.5. The van der Waals surface area contributed by atoms with Gasteiger partial charge in [0.2, 0.25) is 33.7 Å². The molecule has 0 saturated heterocycles. The molecule has 0 fully saturated rings. The van der Waals surface area contributed by atoms with Crippen LogP contribution in [0.25, 0.3) is 0 Å². The number of nitrogens with one attached hydrogen (secondary N) is 6. The fourth-order valence-corrected chi connectivity index (χ4v) is 8.19. The first-order valence-corrected chi connectivity index (χ1v) is 21.4. The molecule has 3 aliphatic heterocycles. The number of benzene rings is 5. The van der Waals surface area contributed by atoms with E-state index in [0.29, 0.717) is 22.3 Å². The highest BCUT2D eigenvalue weighted by molar-refractivity contribution is 7.88. The Hall–Kier alpha value is -7.17. The Morgan fingerprint density at radius 1 is 0.677 bits per heavy atom. The number of carbonyl (C=O) groups excluding carboxylic acids is 4. The Kier molecular flexibility index (Phi) is 14.6. The van der Waals surface area contributed by atoms with Gasteiger partial charge in [-0.3, -0.25) is 24.6 Å². The van der Waals surface area contributed by atoms with Gasteiger partial charge in [-0.1, -0.05) is 109 Å². The van der Waals surface area contributed by atoms with Crippen LogP contribution in [0.15, 0.2) is 121 Å². The van der Waals surface area contributed by atoms with E-state index in [1.165, 1.54) is 24.3 Å². The Morgan fingerprint density at radius 2 is 1.23 bits per heavy atom. The second-order valence-electron chi connectivity index (χ2n) is 15.1. The van der Waals surface area contributed by atoms with Crippen molar-refractivity contribution >= 4 is 45.5 Å². The molecule has 0 saturated carbocycles. The molecule has 3 heterocycles. The molecule has 15 nitrogen and oxygen atoms in total. The molecule has 320 valence electrons. The quantitative estimate of drug-likeness (QED) is 0.0801. The highest BCUT2D eigenvalue weighted by Gasteiger charge is 2.30. The lowest BCUT2D eigenvalue weighted by molar-refractivity contribution is -0.129. The Morgan fingerprint density at radius 3 is 1.79 bits per heavy atom. The number of sulfonamides is 1. The van der Waals surface area contributed by atoms with Gasteiger partial charge >= 0.3 is 5.97 Å². The minimum atomic E-state index is -4.28. The van der Waals surface area contributed by atoms with E-state index in [0.717, 1.165) is 22.3 Å². The number of fused-ring (bicyclic) bond motifs is 2. The fourth-order valence-electron chi connectivity index (χ4n) is 6.86. The molecular formula is C46H47N7O8S. The molecule has 2 atom stereocenters. The van der Waals surface area contributed by atoms with E-state index in [1.54, 1.807) is 78.9 Å². The van der Waals surface area contributed by atoms with E-state index < -0.39 is 45.6 Å². The summed E-state index contributed by atoms with van der Waals surface area (Å²) in [6, 6.07) is 31.0. The standard InChI is InChI=1S/C46H47N7O8S/c47-43(48)37-17-15-33(16-18-37)27-51-44(56)39-21-29-7-11-31(12-8-29)25-49-41(54)23-34-3-1-4-35(19-34)24-42(55)50-26-32-13-9-30(10-14-32)22-40(45(57)52-39)53-62(60,61)28-36-5-2-6-38(20-36)46(58)59/h1-20,39-40,53H,21-28H2,(H3,47,48)(H,49,54)(H,50,55)(H,51,56)(H,52,57)(H,58,59)/t39-,40+/m0/s1. The van der Waals surface area contributed by atoms with E-state index in [4.69, 9.17) is 11.1 Å². The lowest BCUT2D eigenvalue weighted by Gasteiger charge is -2.24. The topological polar surface area (TPSA) is 250 Å². The zero-order valence-corrected chi connectivity index (χ0v) is 34.5. The summed E-state index contributed by atoms with van der Waals surface area (Å²) in [4.78, 5) is 65.6. The van der Waals surface area contributed by atoms with E-state index >= 15 is 0 Å². The van der Waals surface area contributed by atoms with Crippen LogP contribution in [0.5, 0.6) is 0 Å². The maximum atomic E-state index is 14.3. The van der Waals surface area contributed by atoms with Crippen molar-refractivity contribution < 1.29 is 37.5 Å². The zero-order valence-electron chi connectivity index (χ0n) is 33.6. The average Bonchev–Trinajstić information content (AvgIpc) is 3.24. The predicted molar refractivity (Wildman–Crippen MR) is 232 cm³/mol. The Labute approximate surface area is 359 Å². The lowest BCUT2D eigenvalue weighted by atomic mass is 10.0. The van der Waals surface area contributed by atoms with Crippen LogP contribution in [0, 0.1) is 5.41 Å². The van der Waals surface area contributed by atoms with Crippen molar-refractivity contribution in [2.24, 2.45) is 5.73 Å². The number of carbonyl (C=O) groups is 5. The third-order valence-electron chi connectivity index (χ3n) is 10.2.